The van der Waals surface area contributed by atoms with Gasteiger partial charge < -0.3 is 14.4 Å². The number of aromatic nitrogens is 4. The van der Waals surface area contributed by atoms with Crippen LogP contribution in [-0.4, -0.2) is 31.2 Å². The molecule has 0 saturated carbocycles. The van der Waals surface area contributed by atoms with Crippen molar-refractivity contribution in [1.29, 1.82) is 0 Å². The number of hydrogen-bond acceptors (Lipinski definition) is 5. The minimum Gasteiger partial charge on any atom is -0.434 e. The molecule has 2 aromatic heterocycles. The monoisotopic (exact) mass is 442 g/mol. The van der Waals surface area contributed by atoms with Gasteiger partial charge in [0.05, 0.1) is 17.6 Å². The van der Waals surface area contributed by atoms with Crippen molar-refractivity contribution in [3.8, 4) is 16.9 Å². The average molecular weight is 442 g/mol. The number of aryl methyl sites for hydroxylation is 1. The first-order valence-corrected chi connectivity index (χ1v) is 9.88. The predicted molar refractivity (Wildman–Crippen MR) is 113 cm³/mol. The number of hydrogen-bond donors (Lipinski definition) is 1. The van der Waals surface area contributed by atoms with Crippen LogP contribution in [0, 0.1) is 12.7 Å². The maximum absolute atomic E-state index is 14.5. The second-order valence-electron chi connectivity index (χ2n) is 7.90. The van der Waals surface area contributed by atoms with Gasteiger partial charge in [-0.2, -0.15) is 8.78 Å². The van der Waals surface area contributed by atoms with E-state index in [9.17, 15) is 18.3 Å². The number of imidazole rings is 1. The van der Waals surface area contributed by atoms with Crippen molar-refractivity contribution in [1.82, 2.24) is 19.5 Å². The summed E-state index contributed by atoms with van der Waals surface area (Å²) in [6, 6.07) is 9.37. The van der Waals surface area contributed by atoms with Crippen LogP contribution in [0.4, 0.5) is 13.2 Å². The Morgan fingerprint density at radius 3 is 2.47 bits per heavy atom. The molecule has 2 aromatic carbocycles. The summed E-state index contributed by atoms with van der Waals surface area (Å²) in [4.78, 5) is 13.0. The molecule has 1 N–H and O–H groups in total. The molecule has 0 fully saturated rings. The lowest BCUT2D eigenvalue weighted by Crippen LogP contribution is -2.19. The van der Waals surface area contributed by atoms with E-state index < -0.39 is 18.0 Å². The Kier molecular flexibility index (Phi) is 5.60. The Labute approximate surface area is 182 Å². The molecule has 0 radical (unpaired) electrons. The first-order valence-electron chi connectivity index (χ1n) is 9.88. The molecule has 0 aliphatic rings. The molecule has 9 heteroatoms. The van der Waals surface area contributed by atoms with Gasteiger partial charge in [-0.3, -0.25) is 0 Å². The molecular weight excluding hydrogens is 421 g/mol. The largest absolute Gasteiger partial charge is 0.434 e. The summed E-state index contributed by atoms with van der Waals surface area (Å²) in [5.41, 5.74) is 1.73. The third-order valence-corrected chi connectivity index (χ3v) is 5.08. The molecule has 0 aliphatic heterocycles. The predicted octanol–water partition coefficient (Wildman–Crippen LogP) is 4.82. The zero-order chi connectivity index (χ0) is 23.0. The van der Waals surface area contributed by atoms with E-state index in [-0.39, 0.29) is 17.9 Å². The Bertz CT molecular complexity index is 1260. The zero-order valence-electron chi connectivity index (χ0n) is 17.7. The van der Waals surface area contributed by atoms with Crippen LogP contribution in [0.5, 0.6) is 5.75 Å². The van der Waals surface area contributed by atoms with Crippen molar-refractivity contribution < 1.29 is 23.0 Å². The molecule has 0 aliphatic carbocycles. The van der Waals surface area contributed by atoms with Crippen LogP contribution in [0.1, 0.15) is 31.1 Å². The summed E-state index contributed by atoms with van der Waals surface area (Å²) in [6.07, 6.45) is 3.22. The van der Waals surface area contributed by atoms with Gasteiger partial charge in [0.25, 0.3) is 0 Å². The number of rotatable bonds is 6. The molecule has 166 valence electrons. The minimum absolute atomic E-state index is 0.0125. The summed E-state index contributed by atoms with van der Waals surface area (Å²) in [7, 11) is 0. The van der Waals surface area contributed by atoms with E-state index in [0.29, 0.717) is 22.7 Å². The number of fused-ring (bicyclic) bond motifs is 1. The highest BCUT2D eigenvalue weighted by molar-refractivity contribution is 5.82. The molecule has 0 amide bonds. The van der Waals surface area contributed by atoms with Crippen molar-refractivity contribution in [2.24, 2.45) is 0 Å². The van der Waals surface area contributed by atoms with Gasteiger partial charge in [0.15, 0.2) is 5.82 Å². The van der Waals surface area contributed by atoms with Gasteiger partial charge in [0, 0.05) is 23.5 Å². The van der Waals surface area contributed by atoms with Gasteiger partial charge in [0.2, 0.25) is 0 Å². The molecule has 4 aromatic rings. The summed E-state index contributed by atoms with van der Waals surface area (Å²) in [6.45, 7) is 1.87. The maximum atomic E-state index is 14.5. The fourth-order valence-corrected chi connectivity index (χ4v) is 3.47. The van der Waals surface area contributed by atoms with Crippen molar-refractivity contribution in [2.45, 2.75) is 39.5 Å². The molecular formula is C23H21F3N4O2. The fourth-order valence-electron chi connectivity index (χ4n) is 3.47. The number of aliphatic hydroxyl groups is 1. The number of alkyl halides is 2. The van der Waals surface area contributed by atoms with Crippen LogP contribution >= 0.6 is 0 Å². The fraction of sp³-hybridized carbons (Fsp3) is 0.261. The third-order valence-electron chi connectivity index (χ3n) is 5.08. The third kappa shape index (κ3) is 4.29. The highest BCUT2D eigenvalue weighted by Crippen LogP contribution is 2.29. The number of ether oxygens (including phenoxy) is 1. The van der Waals surface area contributed by atoms with E-state index in [1.807, 2.05) is 18.2 Å². The van der Waals surface area contributed by atoms with E-state index in [1.54, 1.807) is 37.7 Å². The lowest BCUT2D eigenvalue weighted by Gasteiger charge is -2.15. The van der Waals surface area contributed by atoms with Crippen LogP contribution in [0.25, 0.3) is 22.2 Å². The van der Waals surface area contributed by atoms with Crippen LogP contribution in [0.15, 0.2) is 48.8 Å². The van der Waals surface area contributed by atoms with Gasteiger partial charge >= 0.3 is 6.61 Å². The van der Waals surface area contributed by atoms with Gasteiger partial charge in [-0.05, 0) is 50.6 Å². The van der Waals surface area contributed by atoms with Gasteiger partial charge in [0.1, 0.15) is 23.0 Å². The molecule has 0 atom stereocenters. The number of nitrogens with zero attached hydrogens (tertiary/aromatic N) is 4. The normalized spacial score (nSPS) is 12.0. The minimum atomic E-state index is -3.06. The van der Waals surface area contributed by atoms with Crippen LogP contribution < -0.4 is 4.74 Å². The van der Waals surface area contributed by atoms with E-state index >= 15 is 0 Å². The van der Waals surface area contributed by atoms with E-state index in [4.69, 9.17) is 0 Å². The first kappa shape index (κ1) is 21.8. The van der Waals surface area contributed by atoms with E-state index in [1.165, 1.54) is 18.2 Å². The lowest BCUT2D eigenvalue weighted by molar-refractivity contribution is -0.0506. The Hall–Kier alpha value is -3.46. The Balaban J connectivity index is 1.75. The van der Waals surface area contributed by atoms with Gasteiger partial charge in [-0.25, -0.2) is 19.3 Å². The number of benzene rings is 2. The zero-order valence-corrected chi connectivity index (χ0v) is 17.7. The molecule has 0 saturated heterocycles. The quantitative estimate of drug-likeness (QED) is 0.464. The summed E-state index contributed by atoms with van der Waals surface area (Å²) in [5.74, 6) is 0.0375. The second kappa shape index (κ2) is 8.23. The van der Waals surface area contributed by atoms with Crippen LogP contribution in [0.3, 0.4) is 0 Å². The summed E-state index contributed by atoms with van der Waals surface area (Å²) >= 11 is 0. The van der Waals surface area contributed by atoms with Crippen molar-refractivity contribution in [2.75, 3.05) is 0 Å². The smallest absolute Gasteiger partial charge is 0.387 e. The molecule has 0 bridgehead atoms. The summed E-state index contributed by atoms with van der Waals surface area (Å²) in [5, 5.41) is 10.0. The van der Waals surface area contributed by atoms with Crippen LogP contribution in [0.2, 0.25) is 0 Å². The SMILES string of the molecule is Cc1nc2ccc(-c3cnc(C(C)(C)O)nc3)cc2n1Cc1c(F)cccc1OC(F)F. The molecule has 0 unspecified atom stereocenters. The Morgan fingerprint density at radius 2 is 1.81 bits per heavy atom. The average Bonchev–Trinajstić information content (AvgIpc) is 3.04. The molecule has 6 nitrogen and oxygen atoms in total. The van der Waals surface area contributed by atoms with Crippen molar-refractivity contribution in [3.63, 3.8) is 0 Å². The molecule has 2 heterocycles. The number of halogens is 3. The van der Waals surface area contributed by atoms with Crippen LogP contribution in [-0.2, 0) is 12.1 Å². The highest BCUT2D eigenvalue weighted by atomic mass is 19.3. The van der Waals surface area contributed by atoms with E-state index in [0.717, 1.165) is 11.1 Å². The standard InChI is InChI=1S/C23H21F3N4O2/c1-13-29-18-8-7-14(15-10-27-21(28-11-15)23(2,3)31)9-19(18)30(13)12-16-17(24)5-4-6-20(16)32-22(25)26/h4-11,22,31H,12H2,1-3H3. The Morgan fingerprint density at radius 1 is 1.09 bits per heavy atom. The first-order chi connectivity index (χ1) is 15.1. The molecule has 32 heavy (non-hydrogen) atoms. The lowest BCUT2D eigenvalue weighted by atomic mass is 10.1. The van der Waals surface area contributed by atoms with Gasteiger partial charge in [-0.15, -0.1) is 0 Å². The second-order valence-corrected chi connectivity index (χ2v) is 7.90. The highest BCUT2D eigenvalue weighted by Gasteiger charge is 2.20. The molecule has 0 spiro atoms. The van der Waals surface area contributed by atoms with Crippen molar-refractivity contribution >= 4 is 11.0 Å². The topological polar surface area (TPSA) is 73.1 Å². The van der Waals surface area contributed by atoms with Crippen molar-refractivity contribution in [3.05, 3.63) is 71.8 Å². The molecule has 4 rings (SSSR count). The van der Waals surface area contributed by atoms with Gasteiger partial charge in [-0.1, -0.05) is 12.1 Å². The van der Waals surface area contributed by atoms with E-state index in [2.05, 4.69) is 19.7 Å². The maximum Gasteiger partial charge on any atom is 0.387 e. The summed E-state index contributed by atoms with van der Waals surface area (Å²) < 4.78 is 46.3.